The van der Waals surface area contributed by atoms with Crippen LogP contribution in [0.2, 0.25) is 0 Å². The summed E-state index contributed by atoms with van der Waals surface area (Å²) < 4.78 is 0. The lowest BCUT2D eigenvalue weighted by Crippen LogP contribution is -2.32. The van der Waals surface area contributed by atoms with E-state index in [1.54, 1.807) is 7.05 Å². The number of hydrogen-bond acceptors (Lipinski definition) is 5. The van der Waals surface area contributed by atoms with Gasteiger partial charge >= 0.3 is 0 Å². The largest absolute Gasteiger partial charge is 0.362 e. The number of anilines is 2. The lowest BCUT2D eigenvalue weighted by Gasteiger charge is -2.27. The molecule has 1 aromatic heterocycles. The van der Waals surface area contributed by atoms with E-state index < -0.39 is 0 Å². The summed E-state index contributed by atoms with van der Waals surface area (Å²) >= 11 is 0. The molecule has 1 amide bonds. The average Bonchev–Trinajstić information content (AvgIpc) is 2.53. The van der Waals surface area contributed by atoms with E-state index in [9.17, 15) is 4.79 Å². The second kappa shape index (κ2) is 7.42. The van der Waals surface area contributed by atoms with Gasteiger partial charge in [0.05, 0.1) is 0 Å². The molecule has 6 nitrogen and oxygen atoms in total. The molecule has 1 aliphatic rings. The summed E-state index contributed by atoms with van der Waals surface area (Å²) in [5.74, 6) is 2.60. The summed E-state index contributed by atoms with van der Waals surface area (Å²) in [4.78, 5) is 22.5. The van der Waals surface area contributed by atoms with Crippen LogP contribution in [0.1, 0.15) is 31.2 Å². The third-order valence-corrected chi connectivity index (χ3v) is 4.38. The Bertz CT molecular complexity index is 509. The number of carbonyl (C=O) groups excluding carboxylic acids is 1. The van der Waals surface area contributed by atoms with E-state index >= 15 is 0 Å². The number of aryl methyl sites for hydroxylation is 1. The first-order chi connectivity index (χ1) is 10.5. The van der Waals surface area contributed by atoms with Crippen molar-refractivity contribution < 1.29 is 4.79 Å². The molecule has 0 radical (unpaired) electrons. The SMILES string of the molecule is CNC(=O)C1CCC(CNc2ncc(C)c(N(C)C)n2)CC1. The lowest BCUT2D eigenvalue weighted by atomic mass is 9.81. The minimum absolute atomic E-state index is 0.184. The summed E-state index contributed by atoms with van der Waals surface area (Å²) in [6.07, 6.45) is 5.97. The van der Waals surface area contributed by atoms with Gasteiger partial charge < -0.3 is 15.5 Å². The lowest BCUT2D eigenvalue weighted by molar-refractivity contribution is -0.125. The Balaban J connectivity index is 1.84. The number of nitrogens with zero attached hydrogens (tertiary/aromatic N) is 3. The van der Waals surface area contributed by atoms with Crippen LogP contribution in [0.5, 0.6) is 0 Å². The third-order valence-electron chi connectivity index (χ3n) is 4.38. The quantitative estimate of drug-likeness (QED) is 0.868. The van der Waals surface area contributed by atoms with E-state index in [0.717, 1.165) is 43.6 Å². The molecule has 2 rings (SSSR count). The first-order valence-electron chi connectivity index (χ1n) is 7.97. The second-order valence-electron chi connectivity index (χ2n) is 6.31. The second-order valence-corrected chi connectivity index (χ2v) is 6.31. The highest BCUT2D eigenvalue weighted by molar-refractivity contribution is 5.78. The molecule has 1 fully saturated rings. The van der Waals surface area contributed by atoms with Crippen LogP contribution in [0.25, 0.3) is 0 Å². The predicted octanol–water partition coefficient (Wildman–Crippen LogP) is 1.82. The van der Waals surface area contributed by atoms with E-state index in [1.807, 2.05) is 32.1 Å². The summed E-state index contributed by atoms with van der Waals surface area (Å²) in [6, 6.07) is 0. The summed E-state index contributed by atoms with van der Waals surface area (Å²) in [5, 5.41) is 6.10. The maximum atomic E-state index is 11.6. The van der Waals surface area contributed by atoms with Gasteiger partial charge in [0, 0.05) is 45.4 Å². The van der Waals surface area contributed by atoms with Gasteiger partial charge in [0.25, 0.3) is 0 Å². The van der Waals surface area contributed by atoms with Crippen molar-refractivity contribution in [2.24, 2.45) is 11.8 Å². The van der Waals surface area contributed by atoms with Gasteiger partial charge in [-0.25, -0.2) is 4.98 Å². The first kappa shape index (κ1) is 16.5. The maximum absolute atomic E-state index is 11.6. The summed E-state index contributed by atoms with van der Waals surface area (Å²) in [6.45, 7) is 2.88. The van der Waals surface area contributed by atoms with E-state index in [4.69, 9.17) is 0 Å². The van der Waals surface area contributed by atoms with Crippen LogP contribution in [0, 0.1) is 18.8 Å². The normalized spacial score (nSPS) is 21.3. The van der Waals surface area contributed by atoms with E-state index in [2.05, 4.69) is 20.6 Å². The zero-order valence-electron chi connectivity index (χ0n) is 14.0. The zero-order valence-corrected chi connectivity index (χ0v) is 14.0. The molecule has 0 saturated heterocycles. The predicted molar refractivity (Wildman–Crippen MR) is 89.1 cm³/mol. The molecule has 1 saturated carbocycles. The molecule has 2 N–H and O–H groups in total. The zero-order chi connectivity index (χ0) is 16.1. The Morgan fingerprint density at radius 3 is 2.59 bits per heavy atom. The summed E-state index contributed by atoms with van der Waals surface area (Å²) in [7, 11) is 5.69. The van der Waals surface area contributed by atoms with Crippen molar-refractivity contribution >= 4 is 17.7 Å². The average molecular weight is 305 g/mol. The standard InChI is InChI=1S/C16H27N5O/c1-11-9-18-16(20-14(11)21(3)4)19-10-12-5-7-13(8-6-12)15(22)17-2/h9,12-13H,5-8,10H2,1-4H3,(H,17,22)(H,18,19,20). The van der Waals surface area contributed by atoms with Gasteiger partial charge in [-0.05, 0) is 38.5 Å². The van der Waals surface area contributed by atoms with Gasteiger partial charge in [0.15, 0.2) is 0 Å². The Morgan fingerprint density at radius 1 is 1.32 bits per heavy atom. The Hall–Kier alpha value is -1.85. The molecule has 1 aromatic rings. The maximum Gasteiger partial charge on any atom is 0.224 e. The molecular formula is C16H27N5O. The molecule has 0 aliphatic heterocycles. The van der Waals surface area contributed by atoms with Gasteiger partial charge in [-0.1, -0.05) is 0 Å². The van der Waals surface area contributed by atoms with E-state index in [0.29, 0.717) is 11.9 Å². The number of nitrogens with one attached hydrogen (secondary N) is 2. The van der Waals surface area contributed by atoms with Gasteiger partial charge in [-0.3, -0.25) is 4.79 Å². The van der Waals surface area contributed by atoms with Crippen LogP contribution in [-0.4, -0.2) is 43.6 Å². The van der Waals surface area contributed by atoms with Crippen molar-refractivity contribution in [2.45, 2.75) is 32.6 Å². The van der Waals surface area contributed by atoms with Crippen LogP contribution in [0.4, 0.5) is 11.8 Å². The molecule has 6 heteroatoms. The smallest absolute Gasteiger partial charge is 0.224 e. The highest BCUT2D eigenvalue weighted by Gasteiger charge is 2.25. The molecule has 1 heterocycles. The third kappa shape index (κ3) is 4.08. The van der Waals surface area contributed by atoms with Crippen molar-refractivity contribution in [3.05, 3.63) is 11.8 Å². The minimum Gasteiger partial charge on any atom is -0.362 e. The van der Waals surface area contributed by atoms with Crippen molar-refractivity contribution in [1.82, 2.24) is 15.3 Å². The first-order valence-corrected chi connectivity index (χ1v) is 7.97. The molecule has 0 unspecified atom stereocenters. The van der Waals surface area contributed by atoms with Crippen LogP contribution in [0.3, 0.4) is 0 Å². The Kier molecular flexibility index (Phi) is 5.57. The highest BCUT2D eigenvalue weighted by Crippen LogP contribution is 2.29. The van der Waals surface area contributed by atoms with Gasteiger partial charge in [0.1, 0.15) is 5.82 Å². The molecule has 0 bridgehead atoms. The number of rotatable bonds is 5. The summed E-state index contributed by atoms with van der Waals surface area (Å²) in [5.41, 5.74) is 1.07. The van der Waals surface area contributed by atoms with Gasteiger partial charge in [0.2, 0.25) is 11.9 Å². The molecule has 122 valence electrons. The Morgan fingerprint density at radius 2 is 2.00 bits per heavy atom. The van der Waals surface area contributed by atoms with E-state index in [-0.39, 0.29) is 11.8 Å². The molecule has 0 aromatic carbocycles. The minimum atomic E-state index is 0.184. The number of hydrogen-bond donors (Lipinski definition) is 2. The topological polar surface area (TPSA) is 70.2 Å². The van der Waals surface area contributed by atoms with Gasteiger partial charge in [-0.15, -0.1) is 0 Å². The fourth-order valence-corrected chi connectivity index (χ4v) is 3.04. The number of carbonyl (C=O) groups is 1. The molecule has 1 aliphatic carbocycles. The van der Waals surface area contributed by atoms with Crippen LogP contribution in [-0.2, 0) is 4.79 Å². The molecule has 22 heavy (non-hydrogen) atoms. The molecular weight excluding hydrogens is 278 g/mol. The molecule has 0 spiro atoms. The number of amides is 1. The highest BCUT2D eigenvalue weighted by atomic mass is 16.1. The number of aromatic nitrogens is 2. The fourth-order valence-electron chi connectivity index (χ4n) is 3.04. The van der Waals surface area contributed by atoms with Crippen LogP contribution in [0.15, 0.2) is 6.20 Å². The Labute approximate surface area is 132 Å². The van der Waals surface area contributed by atoms with Crippen molar-refractivity contribution in [1.29, 1.82) is 0 Å². The van der Waals surface area contributed by atoms with Crippen molar-refractivity contribution in [3.8, 4) is 0 Å². The van der Waals surface area contributed by atoms with Crippen molar-refractivity contribution in [3.63, 3.8) is 0 Å². The van der Waals surface area contributed by atoms with Crippen molar-refractivity contribution in [2.75, 3.05) is 37.9 Å². The van der Waals surface area contributed by atoms with E-state index in [1.165, 1.54) is 0 Å². The molecule has 0 atom stereocenters. The van der Waals surface area contributed by atoms with Crippen LogP contribution < -0.4 is 15.5 Å². The fraction of sp³-hybridized carbons (Fsp3) is 0.688. The monoisotopic (exact) mass is 305 g/mol. The van der Waals surface area contributed by atoms with Crippen LogP contribution >= 0.6 is 0 Å². The van der Waals surface area contributed by atoms with Gasteiger partial charge in [-0.2, -0.15) is 4.98 Å².